The maximum absolute atomic E-state index is 7.09. The fraction of sp³-hybridized carbons (Fsp3) is 0.786. The smallest absolute Gasteiger partial charge is 0.260 e. The Labute approximate surface area is 197 Å². The van der Waals surface area contributed by atoms with Gasteiger partial charge in [-0.05, 0) is 75.7 Å². The van der Waals surface area contributed by atoms with Gasteiger partial charge >= 0.3 is 0 Å². The van der Waals surface area contributed by atoms with Crippen LogP contribution < -0.4 is 0 Å². The molecule has 1 saturated heterocycles. The van der Waals surface area contributed by atoms with Gasteiger partial charge in [-0.2, -0.15) is 0 Å². The monoisotopic (exact) mass is 457 g/mol. The minimum atomic E-state index is -1.04. The maximum Gasteiger partial charge on any atom is 0.260 e. The van der Waals surface area contributed by atoms with Crippen molar-refractivity contribution in [2.75, 3.05) is 0 Å². The van der Waals surface area contributed by atoms with Crippen LogP contribution in [0, 0.1) is 17.8 Å². The molecule has 0 spiro atoms. The summed E-state index contributed by atoms with van der Waals surface area (Å²) in [6.45, 7) is 4.87. The largest absolute Gasteiger partial charge is 0.318 e. The van der Waals surface area contributed by atoms with E-state index in [1.807, 2.05) is 0 Å². The average Bonchev–Trinajstić information content (AvgIpc) is 3.02. The van der Waals surface area contributed by atoms with Crippen LogP contribution in [0.15, 0.2) is 30.3 Å². The van der Waals surface area contributed by atoms with Crippen LogP contribution in [0.4, 0.5) is 0 Å². The molecule has 3 aliphatic carbocycles. The Kier molecular flexibility index (Phi) is 7.90. The quantitative estimate of drug-likeness (QED) is 0.414. The third-order valence-corrected chi connectivity index (χ3v) is 11.1. The van der Waals surface area contributed by atoms with Crippen molar-refractivity contribution < 1.29 is 9.05 Å². The second-order valence-corrected chi connectivity index (χ2v) is 12.4. The van der Waals surface area contributed by atoms with Crippen molar-refractivity contribution in [3.8, 4) is 0 Å². The first kappa shape index (κ1) is 23.3. The second kappa shape index (κ2) is 10.9. The van der Waals surface area contributed by atoms with Crippen LogP contribution in [0.1, 0.15) is 109 Å². The van der Waals surface area contributed by atoms with Gasteiger partial charge in [-0.1, -0.05) is 75.3 Å². The lowest BCUT2D eigenvalue weighted by Crippen LogP contribution is -2.39. The van der Waals surface area contributed by atoms with Crippen LogP contribution >= 0.6 is 8.53 Å². The van der Waals surface area contributed by atoms with Crippen LogP contribution in [-0.4, -0.2) is 22.9 Å². The molecule has 0 aromatic heterocycles. The average molecular weight is 458 g/mol. The standard InChI is InChI=1S/C28H44NO2P/c1-21(23-13-5-3-6-14-23)29(22(2)24-15-7-4-8-16-24)32-30-27-19-11-9-17-25(27)26-18-10-12-20-28(26)31-32/h3,5-6,13-14,21-22,24-28H,4,7-12,15-20H2,1-2H3/t21-,22-,25?,26?,27?,28?,32?/m0/s1. The highest BCUT2D eigenvalue weighted by Gasteiger charge is 2.47. The fourth-order valence-electron chi connectivity index (χ4n) is 7.22. The molecule has 1 aromatic carbocycles. The molecular weight excluding hydrogens is 413 g/mol. The zero-order valence-corrected chi connectivity index (χ0v) is 21.2. The summed E-state index contributed by atoms with van der Waals surface area (Å²) in [5.41, 5.74) is 1.40. The third kappa shape index (κ3) is 4.97. The van der Waals surface area contributed by atoms with Gasteiger partial charge in [0.2, 0.25) is 0 Å². The van der Waals surface area contributed by atoms with E-state index in [1.165, 1.54) is 89.0 Å². The predicted octanol–water partition coefficient (Wildman–Crippen LogP) is 8.41. The molecule has 1 heterocycles. The molecule has 4 fully saturated rings. The molecule has 4 aliphatic rings. The van der Waals surface area contributed by atoms with Gasteiger partial charge in [-0.3, -0.25) is 0 Å². The summed E-state index contributed by atoms with van der Waals surface area (Å²) in [5.74, 6) is 2.21. The lowest BCUT2D eigenvalue weighted by Gasteiger charge is -2.44. The van der Waals surface area contributed by atoms with Gasteiger partial charge in [0, 0.05) is 12.1 Å². The first-order valence-electron chi connectivity index (χ1n) is 13.7. The van der Waals surface area contributed by atoms with Gasteiger partial charge in [-0.25, -0.2) is 4.67 Å². The number of hydrogen-bond acceptors (Lipinski definition) is 3. The summed E-state index contributed by atoms with van der Waals surface area (Å²) in [6, 6.07) is 11.9. The Balaban J connectivity index is 1.46. The Hall–Kier alpha value is -0.470. The van der Waals surface area contributed by atoms with Crippen molar-refractivity contribution in [1.29, 1.82) is 0 Å². The molecule has 0 amide bonds. The van der Waals surface area contributed by atoms with Crippen molar-refractivity contribution in [2.45, 2.75) is 122 Å². The second-order valence-electron chi connectivity index (χ2n) is 11.0. The van der Waals surface area contributed by atoms with Gasteiger partial charge in [0.25, 0.3) is 8.53 Å². The molecule has 6 atom stereocenters. The SMILES string of the molecule is C[C@@H](c1ccccc1)N([C@@H](C)C1CCCCC1)P1OC2CCCCC2C2CCCCC2O1. The highest BCUT2D eigenvalue weighted by Crippen LogP contribution is 2.59. The van der Waals surface area contributed by atoms with Crippen LogP contribution in [0.2, 0.25) is 0 Å². The van der Waals surface area contributed by atoms with E-state index in [-0.39, 0.29) is 0 Å². The van der Waals surface area contributed by atoms with E-state index in [2.05, 4.69) is 48.8 Å². The van der Waals surface area contributed by atoms with E-state index < -0.39 is 8.53 Å². The minimum absolute atomic E-state index is 0.321. The Morgan fingerprint density at radius 2 is 1.25 bits per heavy atom. The first-order chi connectivity index (χ1) is 15.7. The zero-order valence-electron chi connectivity index (χ0n) is 20.3. The van der Waals surface area contributed by atoms with Crippen LogP contribution in [0.25, 0.3) is 0 Å². The van der Waals surface area contributed by atoms with Crippen LogP contribution in [-0.2, 0) is 9.05 Å². The molecule has 0 N–H and O–H groups in total. The highest BCUT2D eigenvalue weighted by atomic mass is 31.2. The highest BCUT2D eigenvalue weighted by molar-refractivity contribution is 7.44. The molecule has 32 heavy (non-hydrogen) atoms. The Morgan fingerprint density at radius 1 is 0.719 bits per heavy atom. The zero-order chi connectivity index (χ0) is 21.9. The summed E-state index contributed by atoms with van der Waals surface area (Å²) in [6.07, 6.45) is 18.3. The number of fused-ring (bicyclic) bond motifs is 3. The maximum atomic E-state index is 7.09. The van der Waals surface area contributed by atoms with Crippen LogP contribution in [0.3, 0.4) is 0 Å². The normalized spacial score (nSPS) is 36.0. The molecule has 178 valence electrons. The topological polar surface area (TPSA) is 21.7 Å². The summed E-state index contributed by atoms with van der Waals surface area (Å²) in [4.78, 5) is 0. The lowest BCUT2D eigenvalue weighted by atomic mass is 9.71. The minimum Gasteiger partial charge on any atom is -0.318 e. The Bertz CT molecular complexity index is 685. The molecule has 1 aromatic rings. The van der Waals surface area contributed by atoms with Gasteiger partial charge < -0.3 is 9.05 Å². The number of hydrogen-bond donors (Lipinski definition) is 0. The molecule has 3 saturated carbocycles. The van der Waals surface area contributed by atoms with E-state index in [9.17, 15) is 0 Å². The van der Waals surface area contributed by atoms with Gasteiger partial charge in [0.15, 0.2) is 0 Å². The van der Waals surface area contributed by atoms with Crippen molar-refractivity contribution in [2.24, 2.45) is 17.8 Å². The van der Waals surface area contributed by atoms with Gasteiger partial charge in [0.1, 0.15) is 0 Å². The molecule has 0 bridgehead atoms. The Morgan fingerprint density at radius 3 is 1.84 bits per heavy atom. The molecule has 1 aliphatic heterocycles. The van der Waals surface area contributed by atoms with Gasteiger partial charge in [0.05, 0.1) is 12.2 Å². The number of benzene rings is 1. The van der Waals surface area contributed by atoms with Gasteiger partial charge in [-0.15, -0.1) is 0 Å². The molecule has 0 radical (unpaired) electrons. The van der Waals surface area contributed by atoms with E-state index in [0.717, 1.165) is 17.8 Å². The fourth-order valence-corrected chi connectivity index (χ4v) is 9.37. The van der Waals surface area contributed by atoms with E-state index in [0.29, 0.717) is 24.3 Å². The van der Waals surface area contributed by atoms with E-state index >= 15 is 0 Å². The molecule has 5 rings (SSSR count). The van der Waals surface area contributed by atoms with Crippen molar-refractivity contribution in [3.05, 3.63) is 35.9 Å². The summed E-state index contributed by atoms with van der Waals surface area (Å²) < 4.78 is 16.9. The number of rotatable bonds is 5. The molecular formula is C28H44NO2P. The van der Waals surface area contributed by atoms with E-state index in [4.69, 9.17) is 9.05 Å². The van der Waals surface area contributed by atoms with Crippen molar-refractivity contribution in [3.63, 3.8) is 0 Å². The first-order valence-corrected chi connectivity index (χ1v) is 14.8. The lowest BCUT2D eigenvalue weighted by molar-refractivity contribution is 0.0346. The summed E-state index contributed by atoms with van der Waals surface area (Å²) >= 11 is 0. The van der Waals surface area contributed by atoms with Crippen LogP contribution in [0.5, 0.6) is 0 Å². The molecule has 4 heteroatoms. The number of nitrogens with zero attached hydrogens (tertiary/aromatic N) is 1. The third-order valence-electron chi connectivity index (χ3n) is 9.13. The predicted molar refractivity (Wildman–Crippen MR) is 133 cm³/mol. The molecule has 3 nitrogen and oxygen atoms in total. The summed E-state index contributed by atoms with van der Waals surface area (Å²) in [7, 11) is -1.04. The van der Waals surface area contributed by atoms with Crippen molar-refractivity contribution in [1.82, 2.24) is 4.67 Å². The van der Waals surface area contributed by atoms with Crippen molar-refractivity contribution >= 4 is 8.53 Å². The summed E-state index contributed by atoms with van der Waals surface area (Å²) in [5, 5.41) is 0. The van der Waals surface area contributed by atoms with E-state index in [1.54, 1.807) is 0 Å². The molecule has 4 unspecified atom stereocenters.